The molecule has 1 N–H and O–H groups in total. The number of amides is 1. The number of nitro benzene ring substituents is 1. The van der Waals surface area contributed by atoms with Crippen LogP contribution in [-0.2, 0) is 4.79 Å². The quantitative estimate of drug-likeness (QED) is 0.391. The maximum absolute atomic E-state index is 12.5. The van der Waals surface area contributed by atoms with Crippen LogP contribution in [0.25, 0.3) is 10.8 Å². The lowest BCUT2D eigenvalue weighted by molar-refractivity contribution is -0.383. The van der Waals surface area contributed by atoms with E-state index in [0.29, 0.717) is 37.3 Å². The van der Waals surface area contributed by atoms with Crippen LogP contribution in [0.15, 0.2) is 48.8 Å². The number of pyridine rings is 1. The molecule has 0 spiro atoms. The SMILES string of the molecule is O=C(CN1CCN(c2ccc([N+](=O)[O-])c3cnccc23)CC1)Nc1ccc(OC(F)F)c(Cl)c1. The number of ether oxygens (including phenoxy) is 1. The number of carbonyl (C=O) groups is 1. The molecule has 1 aromatic heterocycles. The van der Waals surface area contributed by atoms with E-state index in [4.69, 9.17) is 11.6 Å². The predicted molar refractivity (Wildman–Crippen MR) is 124 cm³/mol. The summed E-state index contributed by atoms with van der Waals surface area (Å²) in [7, 11) is 0. The average Bonchev–Trinajstić information content (AvgIpc) is 2.80. The van der Waals surface area contributed by atoms with Gasteiger partial charge >= 0.3 is 6.61 Å². The van der Waals surface area contributed by atoms with Crippen LogP contribution in [0.1, 0.15) is 0 Å². The molecule has 1 fully saturated rings. The minimum absolute atomic E-state index is 0.0102. The Kier molecular flexibility index (Phi) is 7.03. The Morgan fingerprint density at radius 1 is 1.18 bits per heavy atom. The number of carbonyl (C=O) groups excluding carboxylic acids is 1. The molecule has 1 amide bonds. The maximum atomic E-state index is 12.5. The van der Waals surface area contributed by atoms with Crippen molar-refractivity contribution in [2.45, 2.75) is 6.61 Å². The first-order valence-corrected chi connectivity index (χ1v) is 10.7. The van der Waals surface area contributed by atoms with Crippen LogP contribution in [0.2, 0.25) is 5.02 Å². The van der Waals surface area contributed by atoms with Crippen molar-refractivity contribution in [3.63, 3.8) is 0 Å². The molecule has 4 rings (SSSR count). The number of hydrogen-bond acceptors (Lipinski definition) is 7. The van der Waals surface area contributed by atoms with Gasteiger partial charge in [-0.1, -0.05) is 11.6 Å². The monoisotopic (exact) mass is 491 g/mol. The summed E-state index contributed by atoms with van der Waals surface area (Å²) in [5.74, 6) is -0.431. The van der Waals surface area contributed by atoms with Gasteiger partial charge in [-0.05, 0) is 30.3 Å². The van der Waals surface area contributed by atoms with E-state index in [9.17, 15) is 23.7 Å². The molecule has 0 atom stereocenters. The van der Waals surface area contributed by atoms with Gasteiger partial charge in [-0.2, -0.15) is 8.78 Å². The normalized spacial score (nSPS) is 14.4. The Hall–Kier alpha value is -3.57. The van der Waals surface area contributed by atoms with E-state index in [2.05, 4.69) is 19.9 Å². The molecule has 3 aromatic rings. The van der Waals surface area contributed by atoms with Gasteiger partial charge in [0.05, 0.1) is 21.9 Å². The fourth-order valence-electron chi connectivity index (χ4n) is 3.91. The molecule has 9 nitrogen and oxygen atoms in total. The highest BCUT2D eigenvalue weighted by atomic mass is 35.5. The minimum atomic E-state index is -2.99. The second-order valence-electron chi connectivity index (χ2n) is 7.62. The summed E-state index contributed by atoms with van der Waals surface area (Å²) in [5.41, 5.74) is 1.27. The zero-order chi connectivity index (χ0) is 24.2. The Morgan fingerprint density at radius 3 is 2.62 bits per heavy atom. The van der Waals surface area contributed by atoms with Crippen molar-refractivity contribution >= 4 is 45.3 Å². The molecule has 0 bridgehead atoms. The third-order valence-electron chi connectivity index (χ3n) is 5.48. The number of halogens is 3. The Labute approximate surface area is 198 Å². The second-order valence-corrected chi connectivity index (χ2v) is 8.02. The highest BCUT2D eigenvalue weighted by molar-refractivity contribution is 6.32. The molecular weight excluding hydrogens is 472 g/mol. The number of nitrogens with one attached hydrogen (secondary N) is 1. The summed E-state index contributed by atoms with van der Waals surface area (Å²) in [6, 6.07) is 9.06. The van der Waals surface area contributed by atoms with E-state index in [1.807, 2.05) is 4.90 Å². The van der Waals surface area contributed by atoms with E-state index in [-0.39, 0.29) is 28.9 Å². The van der Waals surface area contributed by atoms with Gasteiger partial charge < -0.3 is 15.0 Å². The van der Waals surface area contributed by atoms with Gasteiger partial charge in [-0.15, -0.1) is 0 Å². The molecule has 12 heteroatoms. The molecular formula is C22H20ClF2N5O4. The van der Waals surface area contributed by atoms with Gasteiger partial charge in [0.25, 0.3) is 5.69 Å². The number of alkyl halides is 2. The first-order valence-electron chi connectivity index (χ1n) is 10.3. The zero-order valence-corrected chi connectivity index (χ0v) is 18.5. The van der Waals surface area contributed by atoms with E-state index in [1.165, 1.54) is 30.5 Å². The number of piperazine rings is 1. The smallest absolute Gasteiger partial charge is 0.387 e. The summed E-state index contributed by atoms with van der Waals surface area (Å²) in [6.07, 6.45) is 3.10. The van der Waals surface area contributed by atoms with Crippen LogP contribution in [0.4, 0.5) is 25.8 Å². The molecule has 0 aliphatic carbocycles. The number of benzene rings is 2. The molecule has 1 aliphatic heterocycles. The number of hydrogen-bond donors (Lipinski definition) is 1. The van der Waals surface area contributed by atoms with Crippen molar-refractivity contribution in [3.05, 3.63) is 63.9 Å². The van der Waals surface area contributed by atoms with Crippen LogP contribution in [0, 0.1) is 10.1 Å². The van der Waals surface area contributed by atoms with Crippen LogP contribution >= 0.6 is 11.6 Å². The lowest BCUT2D eigenvalue weighted by Gasteiger charge is -2.36. The molecule has 1 aliphatic rings. The van der Waals surface area contributed by atoms with Gasteiger partial charge in [0, 0.05) is 61.4 Å². The standard InChI is InChI=1S/C22H20ClF2N5O4/c23-17-11-14(1-4-20(17)34-22(24)25)27-21(31)13-28-7-9-29(10-8-28)18-2-3-19(30(32)33)16-12-26-6-5-15(16)18/h1-6,11-12,22H,7-10,13H2,(H,27,31). The highest BCUT2D eigenvalue weighted by Gasteiger charge is 2.23. The summed E-state index contributed by atoms with van der Waals surface area (Å²) >= 11 is 5.92. The van der Waals surface area contributed by atoms with Gasteiger partial charge in [0.2, 0.25) is 5.91 Å². The molecule has 0 saturated carbocycles. The van der Waals surface area contributed by atoms with Gasteiger partial charge in [0.15, 0.2) is 0 Å². The molecule has 2 heterocycles. The van der Waals surface area contributed by atoms with Crippen molar-refractivity contribution in [3.8, 4) is 5.75 Å². The molecule has 178 valence electrons. The van der Waals surface area contributed by atoms with Gasteiger partial charge in [-0.3, -0.25) is 24.8 Å². The summed E-state index contributed by atoms with van der Waals surface area (Å²) < 4.78 is 29.0. The number of non-ortho nitro benzene ring substituents is 1. The fraction of sp³-hybridized carbons (Fsp3) is 0.273. The predicted octanol–water partition coefficient (Wildman–Crippen LogP) is 4.16. The van der Waals surface area contributed by atoms with Crippen molar-refractivity contribution in [2.75, 3.05) is 42.9 Å². The lowest BCUT2D eigenvalue weighted by atomic mass is 10.1. The zero-order valence-electron chi connectivity index (χ0n) is 17.8. The van der Waals surface area contributed by atoms with Crippen molar-refractivity contribution in [2.24, 2.45) is 0 Å². The van der Waals surface area contributed by atoms with Crippen LogP contribution in [-0.4, -0.2) is 60.0 Å². The van der Waals surface area contributed by atoms with Crippen LogP contribution < -0.4 is 15.0 Å². The number of rotatable bonds is 7. The van der Waals surface area contributed by atoms with Crippen molar-refractivity contribution in [1.29, 1.82) is 0 Å². The van der Waals surface area contributed by atoms with Crippen LogP contribution in [0.3, 0.4) is 0 Å². The summed E-state index contributed by atoms with van der Waals surface area (Å²) in [6.45, 7) is -0.358. The Bertz CT molecular complexity index is 1220. The van der Waals surface area contributed by atoms with Gasteiger partial charge in [0.1, 0.15) is 5.75 Å². The first-order chi connectivity index (χ1) is 16.3. The number of fused-ring (bicyclic) bond motifs is 1. The third kappa shape index (κ3) is 5.32. The fourth-order valence-corrected chi connectivity index (χ4v) is 4.14. The number of aromatic nitrogens is 1. The highest BCUT2D eigenvalue weighted by Crippen LogP contribution is 2.33. The topological polar surface area (TPSA) is 101 Å². The number of nitro groups is 1. The van der Waals surface area contributed by atoms with Crippen LogP contribution in [0.5, 0.6) is 5.75 Å². The lowest BCUT2D eigenvalue weighted by Crippen LogP contribution is -2.48. The minimum Gasteiger partial charge on any atom is -0.433 e. The van der Waals surface area contributed by atoms with Crippen molar-refractivity contribution < 1.29 is 23.2 Å². The molecule has 0 radical (unpaired) electrons. The average molecular weight is 492 g/mol. The molecule has 0 unspecified atom stereocenters. The van der Waals surface area contributed by atoms with E-state index < -0.39 is 11.5 Å². The maximum Gasteiger partial charge on any atom is 0.387 e. The molecule has 34 heavy (non-hydrogen) atoms. The molecule has 1 saturated heterocycles. The Morgan fingerprint density at radius 2 is 1.94 bits per heavy atom. The number of nitrogens with zero attached hydrogens (tertiary/aromatic N) is 4. The van der Waals surface area contributed by atoms with Crippen molar-refractivity contribution in [1.82, 2.24) is 9.88 Å². The molecule has 2 aromatic carbocycles. The summed E-state index contributed by atoms with van der Waals surface area (Å²) in [5, 5.41) is 15.2. The summed E-state index contributed by atoms with van der Waals surface area (Å²) in [4.78, 5) is 31.5. The van der Waals surface area contributed by atoms with E-state index in [0.717, 1.165) is 11.1 Å². The Balaban J connectivity index is 1.36. The second kappa shape index (κ2) is 10.1. The van der Waals surface area contributed by atoms with E-state index >= 15 is 0 Å². The third-order valence-corrected chi connectivity index (χ3v) is 5.78. The largest absolute Gasteiger partial charge is 0.433 e. The van der Waals surface area contributed by atoms with E-state index in [1.54, 1.807) is 18.3 Å². The number of anilines is 2. The first kappa shape index (κ1) is 23.6. The van der Waals surface area contributed by atoms with Gasteiger partial charge in [-0.25, -0.2) is 0 Å².